The van der Waals surface area contributed by atoms with Gasteiger partial charge >= 0.3 is 0 Å². The number of nitrogens with two attached hydrogens (primary N) is 1. The van der Waals surface area contributed by atoms with Crippen LogP contribution < -0.4 is 15.8 Å². The molecule has 0 radical (unpaired) electrons. The maximum Gasteiger partial charge on any atom is 0.239 e. The number of rotatable bonds is 5. The third-order valence-electron chi connectivity index (χ3n) is 4.30. The molecular formula is C18H27N3O3. The van der Waals surface area contributed by atoms with Crippen molar-refractivity contribution in [2.75, 3.05) is 20.2 Å². The van der Waals surface area contributed by atoms with Crippen LogP contribution in [0.2, 0.25) is 0 Å². The summed E-state index contributed by atoms with van der Waals surface area (Å²) in [5.74, 6) is 0.669. The number of hydrogen-bond acceptors (Lipinski definition) is 4. The molecule has 6 nitrogen and oxygen atoms in total. The third-order valence-corrected chi connectivity index (χ3v) is 4.30. The predicted octanol–water partition coefficient (Wildman–Crippen LogP) is 1.08. The number of benzene rings is 1. The van der Waals surface area contributed by atoms with Crippen LogP contribution in [0.25, 0.3) is 0 Å². The van der Waals surface area contributed by atoms with E-state index in [0.717, 1.165) is 24.2 Å². The van der Waals surface area contributed by atoms with Crippen LogP contribution in [0.3, 0.4) is 0 Å². The maximum atomic E-state index is 12.5. The lowest BCUT2D eigenvalue weighted by Gasteiger charge is -2.33. The molecule has 132 valence electrons. The van der Waals surface area contributed by atoms with E-state index in [4.69, 9.17) is 10.5 Å². The van der Waals surface area contributed by atoms with Gasteiger partial charge in [-0.3, -0.25) is 9.59 Å². The van der Waals surface area contributed by atoms with Crippen molar-refractivity contribution >= 4 is 11.8 Å². The first-order valence-corrected chi connectivity index (χ1v) is 8.30. The van der Waals surface area contributed by atoms with E-state index in [-0.39, 0.29) is 17.9 Å². The molecule has 24 heavy (non-hydrogen) atoms. The smallest absolute Gasteiger partial charge is 0.239 e. The fourth-order valence-corrected chi connectivity index (χ4v) is 2.77. The molecule has 1 saturated heterocycles. The Labute approximate surface area is 143 Å². The van der Waals surface area contributed by atoms with Crippen LogP contribution in [0.15, 0.2) is 24.3 Å². The van der Waals surface area contributed by atoms with Crippen molar-refractivity contribution in [2.24, 2.45) is 5.73 Å². The minimum atomic E-state index is -0.878. The topological polar surface area (TPSA) is 84.7 Å². The fraction of sp³-hybridized carbons (Fsp3) is 0.556. The van der Waals surface area contributed by atoms with Gasteiger partial charge in [-0.25, -0.2) is 0 Å². The lowest BCUT2D eigenvalue weighted by molar-refractivity contribution is -0.131. The average Bonchev–Trinajstić information content (AvgIpc) is 2.55. The number of likely N-dealkylation sites (tertiary alicyclic amines) is 1. The highest BCUT2D eigenvalue weighted by Gasteiger charge is 2.28. The Morgan fingerprint density at radius 3 is 2.50 bits per heavy atom. The highest BCUT2D eigenvalue weighted by molar-refractivity contribution is 5.85. The third kappa shape index (κ3) is 4.71. The summed E-state index contributed by atoms with van der Waals surface area (Å²) in [7, 11) is 1.61. The molecule has 0 aliphatic carbocycles. The predicted molar refractivity (Wildman–Crippen MR) is 92.7 cm³/mol. The zero-order valence-corrected chi connectivity index (χ0v) is 14.7. The second kappa shape index (κ2) is 7.66. The second-order valence-corrected chi connectivity index (χ2v) is 6.84. The van der Waals surface area contributed by atoms with E-state index in [9.17, 15) is 9.59 Å². The van der Waals surface area contributed by atoms with E-state index in [1.165, 1.54) is 0 Å². The first-order chi connectivity index (χ1) is 11.3. The van der Waals surface area contributed by atoms with Crippen molar-refractivity contribution in [1.82, 2.24) is 10.2 Å². The first-order valence-electron chi connectivity index (χ1n) is 8.30. The fourth-order valence-electron chi connectivity index (χ4n) is 2.77. The zero-order valence-electron chi connectivity index (χ0n) is 14.7. The molecule has 1 aliphatic heterocycles. The SMILES string of the molecule is COc1ccccc1CC(=O)N1CCC(NC(=O)C(C)(C)N)CC1. The molecule has 1 heterocycles. The number of para-hydroxylation sites is 1. The molecule has 2 rings (SSSR count). The summed E-state index contributed by atoms with van der Waals surface area (Å²) in [5, 5.41) is 2.96. The molecule has 1 aliphatic rings. The molecular weight excluding hydrogens is 306 g/mol. The van der Waals surface area contributed by atoms with Crippen LogP contribution >= 0.6 is 0 Å². The van der Waals surface area contributed by atoms with Gasteiger partial charge in [-0.1, -0.05) is 18.2 Å². The lowest BCUT2D eigenvalue weighted by atomic mass is 10.0. The summed E-state index contributed by atoms with van der Waals surface area (Å²) in [4.78, 5) is 26.3. The Kier molecular flexibility index (Phi) is 5.83. The highest BCUT2D eigenvalue weighted by Crippen LogP contribution is 2.20. The molecule has 1 aromatic carbocycles. The summed E-state index contributed by atoms with van der Waals surface area (Å²) in [6.45, 7) is 4.66. The summed E-state index contributed by atoms with van der Waals surface area (Å²) in [5.41, 5.74) is 5.81. The number of amides is 2. The highest BCUT2D eigenvalue weighted by atomic mass is 16.5. The molecule has 1 fully saturated rings. The standard InChI is InChI=1S/C18H27N3O3/c1-18(2,19)17(23)20-14-8-10-21(11-9-14)16(22)12-13-6-4-5-7-15(13)24-3/h4-7,14H,8-12,19H2,1-3H3,(H,20,23). The van der Waals surface area contributed by atoms with Gasteiger partial charge in [0.1, 0.15) is 5.75 Å². The van der Waals surface area contributed by atoms with Gasteiger partial charge in [-0.05, 0) is 32.8 Å². The number of nitrogens with one attached hydrogen (secondary N) is 1. The van der Waals surface area contributed by atoms with Crippen LogP contribution in [-0.4, -0.2) is 48.5 Å². The van der Waals surface area contributed by atoms with Gasteiger partial charge < -0.3 is 20.7 Å². The molecule has 1 aromatic rings. The molecule has 2 amide bonds. The Morgan fingerprint density at radius 2 is 1.92 bits per heavy atom. The molecule has 0 spiro atoms. The van der Waals surface area contributed by atoms with Gasteiger partial charge in [-0.2, -0.15) is 0 Å². The van der Waals surface area contributed by atoms with Crippen molar-refractivity contribution in [3.63, 3.8) is 0 Å². The summed E-state index contributed by atoms with van der Waals surface area (Å²) in [6, 6.07) is 7.64. The number of carbonyl (C=O) groups is 2. The maximum absolute atomic E-state index is 12.5. The Hall–Kier alpha value is -2.08. The van der Waals surface area contributed by atoms with Crippen molar-refractivity contribution in [1.29, 1.82) is 0 Å². The van der Waals surface area contributed by atoms with E-state index in [1.807, 2.05) is 29.2 Å². The number of methoxy groups -OCH3 is 1. The molecule has 0 bridgehead atoms. The average molecular weight is 333 g/mol. The van der Waals surface area contributed by atoms with Crippen LogP contribution in [0.5, 0.6) is 5.75 Å². The molecule has 3 N–H and O–H groups in total. The number of carbonyl (C=O) groups excluding carboxylic acids is 2. The van der Waals surface area contributed by atoms with Crippen LogP contribution in [0.1, 0.15) is 32.3 Å². The van der Waals surface area contributed by atoms with E-state index >= 15 is 0 Å². The summed E-state index contributed by atoms with van der Waals surface area (Å²) >= 11 is 0. The zero-order chi connectivity index (χ0) is 17.7. The normalized spacial score (nSPS) is 15.9. The van der Waals surface area contributed by atoms with E-state index < -0.39 is 5.54 Å². The van der Waals surface area contributed by atoms with Gasteiger partial charge in [0, 0.05) is 24.7 Å². The molecule has 6 heteroatoms. The first kappa shape index (κ1) is 18.3. The second-order valence-electron chi connectivity index (χ2n) is 6.84. The van der Waals surface area contributed by atoms with Crippen LogP contribution in [0.4, 0.5) is 0 Å². The van der Waals surface area contributed by atoms with Gasteiger partial charge in [0.25, 0.3) is 0 Å². The number of ether oxygens (including phenoxy) is 1. The Morgan fingerprint density at radius 1 is 1.29 bits per heavy atom. The Balaban J connectivity index is 1.86. The van der Waals surface area contributed by atoms with Gasteiger partial charge in [0.05, 0.1) is 19.1 Å². The quantitative estimate of drug-likeness (QED) is 0.844. The largest absolute Gasteiger partial charge is 0.496 e. The summed E-state index contributed by atoms with van der Waals surface area (Å²) in [6.07, 6.45) is 1.83. The van der Waals surface area contributed by atoms with Crippen molar-refractivity contribution in [2.45, 2.75) is 44.7 Å². The van der Waals surface area contributed by atoms with Crippen molar-refractivity contribution in [3.8, 4) is 5.75 Å². The lowest BCUT2D eigenvalue weighted by Crippen LogP contribution is -2.54. The summed E-state index contributed by atoms with van der Waals surface area (Å²) < 4.78 is 5.30. The minimum absolute atomic E-state index is 0.0793. The van der Waals surface area contributed by atoms with Gasteiger partial charge in [-0.15, -0.1) is 0 Å². The van der Waals surface area contributed by atoms with Crippen LogP contribution in [0, 0.1) is 0 Å². The number of nitrogens with zero attached hydrogens (tertiary/aromatic N) is 1. The van der Waals surface area contributed by atoms with Gasteiger partial charge in [0.15, 0.2) is 0 Å². The van der Waals surface area contributed by atoms with E-state index in [1.54, 1.807) is 21.0 Å². The van der Waals surface area contributed by atoms with E-state index in [2.05, 4.69) is 5.32 Å². The van der Waals surface area contributed by atoms with E-state index in [0.29, 0.717) is 19.5 Å². The Bertz CT molecular complexity index is 587. The monoisotopic (exact) mass is 333 g/mol. The minimum Gasteiger partial charge on any atom is -0.496 e. The number of hydrogen-bond donors (Lipinski definition) is 2. The van der Waals surface area contributed by atoms with Crippen molar-refractivity contribution < 1.29 is 14.3 Å². The molecule has 0 unspecified atom stereocenters. The van der Waals surface area contributed by atoms with Crippen molar-refractivity contribution in [3.05, 3.63) is 29.8 Å². The molecule has 0 saturated carbocycles. The van der Waals surface area contributed by atoms with Crippen LogP contribution in [-0.2, 0) is 16.0 Å². The van der Waals surface area contributed by atoms with Gasteiger partial charge in [0.2, 0.25) is 11.8 Å². The number of piperidine rings is 1. The molecule has 0 atom stereocenters. The molecule has 0 aromatic heterocycles.